The lowest BCUT2D eigenvalue weighted by atomic mass is 9.99. The first kappa shape index (κ1) is 9.09. The quantitative estimate of drug-likeness (QED) is 0.739. The Morgan fingerprint density at radius 1 is 1.13 bits per heavy atom. The maximum absolute atomic E-state index is 6.03. The van der Waals surface area contributed by atoms with Gasteiger partial charge in [-0.3, -0.25) is 0 Å². The van der Waals surface area contributed by atoms with E-state index in [1.165, 1.54) is 12.8 Å². The van der Waals surface area contributed by atoms with Crippen molar-refractivity contribution in [3.8, 4) is 0 Å². The van der Waals surface area contributed by atoms with E-state index >= 15 is 0 Å². The summed E-state index contributed by atoms with van der Waals surface area (Å²) < 4.78 is 0. The number of aromatic nitrogens is 2. The second-order valence-electron chi connectivity index (χ2n) is 4.57. The fourth-order valence-corrected chi connectivity index (χ4v) is 2.97. The van der Waals surface area contributed by atoms with Crippen molar-refractivity contribution in [3.63, 3.8) is 0 Å². The summed E-state index contributed by atoms with van der Waals surface area (Å²) in [4.78, 5) is 11.1. The highest BCUT2D eigenvalue weighted by molar-refractivity contribution is 5.36. The Morgan fingerprint density at radius 3 is 2.33 bits per heavy atom. The molecule has 3 rings (SSSR count). The molecule has 2 unspecified atom stereocenters. The molecule has 15 heavy (non-hydrogen) atoms. The Hall–Kier alpha value is -1.16. The summed E-state index contributed by atoms with van der Waals surface area (Å²) in [5.41, 5.74) is 6.03. The minimum atomic E-state index is 0.377. The minimum absolute atomic E-state index is 0.377. The SMILES string of the molecule is NC1CC2CCC(C1)N2c1ncccn1. The maximum atomic E-state index is 6.03. The third-order valence-corrected chi connectivity index (χ3v) is 3.55. The zero-order valence-corrected chi connectivity index (χ0v) is 8.71. The molecule has 1 aromatic rings. The fraction of sp³-hybridized carbons (Fsp3) is 0.636. The number of hydrogen-bond donors (Lipinski definition) is 1. The Morgan fingerprint density at radius 2 is 1.73 bits per heavy atom. The number of rotatable bonds is 1. The van der Waals surface area contributed by atoms with Crippen LogP contribution in [-0.4, -0.2) is 28.1 Å². The van der Waals surface area contributed by atoms with E-state index in [2.05, 4.69) is 14.9 Å². The first-order valence-electron chi connectivity index (χ1n) is 5.65. The van der Waals surface area contributed by atoms with Crippen molar-refractivity contribution < 1.29 is 0 Å². The highest BCUT2D eigenvalue weighted by Gasteiger charge is 2.40. The van der Waals surface area contributed by atoms with Crippen LogP contribution in [0.1, 0.15) is 25.7 Å². The normalized spacial score (nSPS) is 34.5. The first-order chi connectivity index (χ1) is 7.34. The average molecular weight is 204 g/mol. The van der Waals surface area contributed by atoms with E-state index in [4.69, 9.17) is 5.73 Å². The molecule has 3 heterocycles. The predicted octanol–water partition coefficient (Wildman–Crippen LogP) is 0.935. The molecule has 0 aromatic carbocycles. The highest BCUT2D eigenvalue weighted by atomic mass is 15.3. The third-order valence-electron chi connectivity index (χ3n) is 3.55. The van der Waals surface area contributed by atoms with E-state index in [-0.39, 0.29) is 0 Å². The third kappa shape index (κ3) is 1.49. The van der Waals surface area contributed by atoms with Gasteiger partial charge in [-0.1, -0.05) is 0 Å². The molecule has 2 aliphatic rings. The zero-order valence-electron chi connectivity index (χ0n) is 8.71. The van der Waals surface area contributed by atoms with Gasteiger partial charge in [-0.05, 0) is 31.7 Å². The van der Waals surface area contributed by atoms with Gasteiger partial charge in [-0.15, -0.1) is 0 Å². The molecule has 2 N–H and O–H groups in total. The van der Waals surface area contributed by atoms with Gasteiger partial charge in [0.2, 0.25) is 5.95 Å². The van der Waals surface area contributed by atoms with Crippen molar-refractivity contribution >= 4 is 5.95 Å². The minimum Gasteiger partial charge on any atom is -0.335 e. The van der Waals surface area contributed by atoms with Crippen LogP contribution in [0.25, 0.3) is 0 Å². The standard InChI is InChI=1S/C11H16N4/c12-8-6-9-2-3-10(7-8)15(9)11-13-4-1-5-14-11/h1,4-5,8-10H,2-3,6-7,12H2. The summed E-state index contributed by atoms with van der Waals surface area (Å²) in [6.45, 7) is 0. The van der Waals surface area contributed by atoms with Crippen LogP contribution in [0.4, 0.5) is 5.95 Å². The van der Waals surface area contributed by atoms with Crippen LogP contribution in [0.15, 0.2) is 18.5 Å². The molecule has 4 heteroatoms. The Bertz CT molecular complexity index is 326. The van der Waals surface area contributed by atoms with E-state index in [0.29, 0.717) is 18.1 Å². The molecule has 0 aliphatic carbocycles. The molecule has 0 spiro atoms. The van der Waals surface area contributed by atoms with Gasteiger partial charge in [0, 0.05) is 30.5 Å². The summed E-state index contributed by atoms with van der Waals surface area (Å²) in [5.74, 6) is 0.886. The molecule has 1 aromatic heterocycles. The number of nitrogens with two attached hydrogens (primary N) is 1. The van der Waals surface area contributed by atoms with Gasteiger partial charge in [-0.2, -0.15) is 0 Å². The molecule has 2 saturated heterocycles. The first-order valence-corrected chi connectivity index (χ1v) is 5.65. The van der Waals surface area contributed by atoms with Gasteiger partial charge in [0.25, 0.3) is 0 Å². The van der Waals surface area contributed by atoms with E-state index < -0.39 is 0 Å². The van der Waals surface area contributed by atoms with E-state index in [0.717, 1.165) is 18.8 Å². The fourth-order valence-electron chi connectivity index (χ4n) is 2.97. The molecule has 2 fully saturated rings. The number of fused-ring (bicyclic) bond motifs is 2. The number of piperidine rings is 1. The summed E-state index contributed by atoms with van der Waals surface area (Å²) >= 11 is 0. The van der Waals surface area contributed by atoms with Crippen molar-refractivity contribution in [2.24, 2.45) is 5.73 Å². The lowest BCUT2D eigenvalue weighted by molar-refractivity contribution is 0.409. The van der Waals surface area contributed by atoms with Crippen LogP contribution in [0, 0.1) is 0 Å². The van der Waals surface area contributed by atoms with Crippen molar-refractivity contribution in [1.29, 1.82) is 0 Å². The maximum Gasteiger partial charge on any atom is 0.225 e. The largest absolute Gasteiger partial charge is 0.335 e. The van der Waals surface area contributed by atoms with Gasteiger partial charge in [-0.25, -0.2) is 9.97 Å². The molecule has 0 saturated carbocycles. The van der Waals surface area contributed by atoms with Gasteiger partial charge >= 0.3 is 0 Å². The number of anilines is 1. The Kier molecular flexibility index (Phi) is 2.09. The molecular formula is C11H16N4. The van der Waals surface area contributed by atoms with Crippen LogP contribution in [-0.2, 0) is 0 Å². The van der Waals surface area contributed by atoms with Crippen LogP contribution in [0.3, 0.4) is 0 Å². The lowest BCUT2D eigenvalue weighted by Crippen LogP contribution is -2.48. The molecule has 2 aliphatic heterocycles. The van der Waals surface area contributed by atoms with Gasteiger partial charge in [0.15, 0.2) is 0 Å². The summed E-state index contributed by atoms with van der Waals surface area (Å²) in [6, 6.07) is 3.38. The second kappa shape index (κ2) is 3.45. The van der Waals surface area contributed by atoms with Crippen molar-refractivity contribution in [1.82, 2.24) is 9.97 Å². The number of nitrogens with zero attached hydrogens (tertiary/aromatic N) is 3. The van der Waals surface area contributed by atoms with Crippen LogP contribution >= 0.6 is 0 Å². The van der Waals surface area contributed by atoms with Gasteiger partial charge in [0.1, 0.15) is 0 Å². The smallest absolute Gasteiger partial charge is 0.225 e. The molecule has 80 valence electrons. The van der Waals surface area contributed by atoms with E-state index in [1.54, 1.807) is 0 Å². The molecule has 2 bridgehead atoms. The molecule has 2 atom stereocenters. The van der Waals surface area contributed by atoms with Crippen molar-refractivity contribution in [3.05, 3.63) is 18.5 Å². The van der Waals surface area contributed by atoms with Crippen LogP contribution < -0.4 is 10.6 Å². The van der Waals surface area contributed by atoms with Crippen LogP contribution in [0.5, 0.6) is 0 Å². The Labute approximate surface area is 89.5 Å². The van der Waals surface area contributed by atoms with Gasteiger partial charge in [0.05, 0.1) is 0 Å². The summed E-state index contributed by atoms with van der Waals surface area (Å²) in [6.07, 6.45) is 8.31. The predicted molar refractivity (Wildman–Crippen MR) is 58.5 cm³/mol. The monoisotopic (exact) mass is 204 g/mol. The van der Waals surface area contributed by atoms with E-state index in [1.807, 2.05) is 18.5 Å². The molecule has 0 radical (unpaired) electrons. The highest BCUT2D eigenvalue weighted by Crippen LogP contribution is 2.36. The Balaban J connectivity index is 1.89. The lowest BCUT2D eigenvalue weighted by Gasteiger charge is -2.37. The van der Waals surface area contributed by atoms with E-state index in [9.17, 15) is 0 Å². The molecular weight excluding hydrogens is 188 g/mol. The topological polar surface area (TPSA) is 55.0 Å². The van der Waals surface area contributed by atoms with Crippen molar-refractivity contribution in [2.45, 2.75) is 43.8 Å². The summed E-state index contributed by atoms with van der Waals surface area (Å²) in [7, 11) is 0. The summed E-state index contributed by atoms with van der Waals surface area (Å²) in [5, 5.41) is 0. The second-order valence-corrected chi connectivity index (χ2v) is 4.57. The van der Waals surface area contributed by atoms with Gasteiger partial charge < -0.3 is 10.6 Å². The average Bonchev–Trinajstić information content (AvgIpc) is 2.53. The molecule has 4 nitrogen and oxygen atoms in total. The van der Waals surface area contributed by atoms with Crippen molar-refractivity contribution in [2.75, 3.05) is 4.90 Å². The number of hydrogen-bond acceptors (Lipinski definition) is 4. The zero-order chi connectivity index (χ0) is 10.3. The molecule has 0 amide bonds. The van der Waals surface area contributed by atoms with Crippen LogP contribution in [0.2, 0.25) is 0 Å².